The zero-order valence-electron chi connectivity index (χ0n) is 27.7. The molecule has 0 saturated carbocycles. The first kappa shape index (κ1) is 34.4. The summed E-state index contributed by atoms with van der Waals surface area (Å²) in [5, 5.41) is 3.01. The second-order valence-corrected chi connectivity index (χ2v) is 11.6. The van der Waals surface area contributed by atoms with Crippen molar-refractivity contribution in [2.24, 2.45) is 0 Å². The van der Waals surface area contributed by atoms with Gasteiger partial charge in [0.1, 0.15) is 28.9 Å². The Kier molecular flexibility index (Phi) is 11.6. The maximum atomic E-state index is 15.0. The Morgan fingerprint density at radius 2 is 1.69 bits per heavy atom. The number of nitrogens with zero attached hydrogens (tertiary/aromatic N) is 4. The monoisotopic (exact) mass is 661 g/mol. The number of aromatic nitrogens is 2. The Bertz CT molecular complexity index is 1690. The lowest BCUT2D eigenvalue weighted by Crippen LogP contribution is -2.34. The molecule has 1 saturated heterocycles. The zero-order valence-corrected chi connectivity index (χ0v) is 27.7. The second kappa shape index (κ2) is 16.2. The molecule has 10 nitrogen and oxygen atoms in total. The summed E-state index contributed by atoms with van der Waals surface area (Å²) >= 11 is 0. The summed E-state index contributed by atoms with van der Waals surface area (Å²) in [6.45, 7) is 6.88. The molecule has 3 aromatic carbocycles. The molecule has 1 fully saturated rings. The lowest BCUT2D eigenvalue weighted by molar-refractivity contribution is 0.203. The largest absolute Gasteiger partial charge is 0.497 e. The van der Waals surface area contributed by atoms with Crippen molar-refractivity contribution in [2.75, 3.05) is 50.7 Å². The summed E-state index contributed by atoms with van der Waals surface area (Å²) in [4.78, 5) is 26.4. The molecule has 0 bridgehead atoms. The van der Waals surface area contributed by atoms with Crippen molar-refractivity contribution >= 4 is 23.5 Å². The molecule has 0 unspecified atom stereocenters. The Labute approximate surface area is 279 Å². The van der Waals surface area contributed by atoms with Crippen LogP contribution in [0.4, 0.5) is 31.0 Å². The van der Waals surface area contributed by atoms with E-state index in [4.69, 9.17) is 18.9 Å². The quantitative estimate of drug-likeness (QED) is 0.145. The van der Waals surface area contributed by atoms with Crippen molar-refractivity contribution < 1.29 is 32.5 Å². The number of methoxy groups -OCH3 is 2. The minimum Gasteiger partial charge on any atom is -0.497 e. The van der Waals surface area contributed by atoms with Gasteiger partial charge in [0.25, 0.3) is 0 Å². The van der Waals surface area contributed by atoms with Gasteiger partial charge in [0.15, 0.2) is 11.6 Å². The fraction of sp³-hybridized carbons (Fsp3) is 0.361. The molecule has 254 valence electrons. The van der Waals surface area contributed by atoms with E-state index in [9.17, 15) is 13.6 Å². The Morgan fingerprint density at radius 1 is 0.938 bits per heavy atom. The van der Waals surface area contributed by atoms with Crippen LogP contribution >= 0.6 is 0 Å². The van der Waals surface area contributed by atoms with Crippen LogP contribution in [-0.2, 0) is 6.54 Å². The van der Waals surface area contributed by atoms with Crippen molar-refractivity contribution in [3.05, 3.63) is 89.1 Å². The number of benzene rings is 3. The zero-order chi connectivity index (χ0) is 34.0. The highest BCUT2D eigenvalue weighted by molar-refractivity contribution is 5.88. The van der Waals surface area contributed by atoms with Gasteiger partial charge in [0.2, 0.25) is 5.95 Å². The first-order chi connectivity index (χ1) is 23.2. The van der Waals surface area contributed by atoms with Gasteiger partial charge in [-0.05, 0) is 106 Å². The van der Waals surface area contributed by atoms with E-state index in [1.54, 1.807) is 50.2 Å². The van der Waals surface area contributed by atoms with Crippen LogP contribution in [0.3, 0.4) is 0 Å². The molecule has 0 aliphatic carbocycles. The van der Waals surface area contributed by atoms with E-state index in [-0.39, 0.29) is 29.8 Å². The Morgan fingerprint density at radius 3 is 2.40 bits per heavy atom. The number of carbonyl (C=O) groups is 1. The molecule has 1 amide bonds. The van der Waals surface area contributed by atoms with Crippen LogP contribution in [0.1, 0.15) is 42.4 Å². The minimum atomic E-state index is -0.768. The third-order valence-corrected chi connectivity index (χ3v) is 8.08. The number of hydrogen-bond acceptors (Lipinski definition) is 9. The van der Waals surface area contributed by atoms with Gasteiger partial charge in [0, 0.05) is 30.1 Å². The number of hydrogen-bond donors (Lipinski definition) is 1. The fourth-order valence-electron chi connectivity index (χ4n) is 5.65. The van der Waals surface area contributed by atoms with E-state index >= 15 is 0 Å². The molecule has 4 aromatic rings. The average Bonchev–Trinajstić information content (AvgIpc) is 3.08. The number of halogens is 2. The lowest BCUT2D eigenvalue weighted by atomic mass is 10.1. The predicted octanol–water partition coefficient (Wildman–Crippen LogP) is 7.59. The number of anilines is 3. The Balaban J connectivity index is 1.34. The summed E-state index contributed by atoms with van der Waals surface area (Å²) in [6.07, 6.45) is 5.26. The maximum Gasteiger partial charge on any atom is 0.421 e. The smallest absolute Gasteiger partial charge is 0.421 e. The highest BCUT2D eigenvalue weighted by atomic mass is 19.1. The summed E-state index contributed by atoms with van der Waals surface area (Å²) in [5.74, 6) is 0.834. The minimum absolute atomic E-state index is 0.0205. The molecule has 12 heteroatoms. The molecule has 5 rings (SSSR count). The molecular formula is C36H41F2N5O5. The van der Waals surface area contributed by atoms with E-state index < -0.39 is 17.7 Å². The van der Waals surface area contributed by atoms with Crippen LogP contribution in [0, 0.1) is 25.5 Å². The van der Waals surface area contributed by atoms with Gasteiger partial charge < -0.3 is 29.2 Å². The van der Waals surface area contributed by atoms with Gasteiger partial charge in [-0.2, -0.15) is 4.98 Å². The molecule has 1 aliphatic rings. The number of nitrogens with one attached hydrogen (secondary N) is 1. The normalized spacial score (nSPS) is 13.1. The van der Waals surface area contributed by atoms with Crippen molar-refractivity contribution in [3.8, 4) is 23.0 Å². The van der Waals surface area contributed by atoms with Crippen LogP contribution in [0.2, 0.25) is 0 Å². The molecule has 2 heterocycles. The number of ether oxygens (including phenoxy) is 4. The van der Waals surface area contributed by atoms with Crippen molar-refractivity contribution in [3.63, 3.8) is 0 Å². The number of aryl methyl sites for hydroxylation is 2. The summed E-state index contributed by atoms with van der Waals surface area (Å²) in [5.41, 5.74) is 1.93. The first-order valence-electron chi connectivity index (χ1n) is 16.0. The number of likely N-dealkylation sites (tertiary alicyclic amines) is 1. The van der Waals surface area contributed by atoms with Gasteiger partial charge >= 0.3 is 6.09 Å². The number of carbonyl (C=O) groups excluding carboxylic acids is 1. The highest BCUT2D eigenvalue weighted by Gasteiger charge is 2.24. The van der Waals surface area contributed by atoms with Crippen LogP contribution < -0.4 is 29.2 Å². The van der Waals surface area contributed by atoms with Gasteiger partial charge in [-0.15, -0.1) is 0 Å². The third kappa shape index (κ3) is 8.88. The van der Waals surface area contributed by atoms with Crippen molar-refractivity contribution in [2.45, 2.75) is 46.1 Å². The number of piperidine rings is 1. The number of rotatable bonds is 13. The molecule has 1 aliphatic heterocycles. The van der Waals surface area contributed by atoms with Crippen molar-refractivity contribution in [1.29, 1.82) is 0 Å². The molecule has 1 aromatic heterocycles. The topological polar surface area (TPSA) is 98.3 Å². The van der Waals surface area contributed by atoms with E-state index in [0.29, 0.717) is 40.5 Å². The van der Waals surface area contributed by atoms with Crippen LogP contribution in [0.5, 0.6) is 23.0 Å². The van der Waals surface area contributed by atoms with Crippen molar-refractivity contribution in [1.82, 2.24) is 14.9 Å². The summed E-state index contributed by atoms with van der Waals surface area (Å²) in [6, 6.07) is 13.9. The van der Waals surface area contributed by atoms with Gasteiger partial charge in [-0.3, -0.25) is 4.90 Å². The Hall–Kier alpha value is -4.97. The van der Waals surface area contributed by atoms with E-state index in [1.165, 1.54) is 62.8 Å². The second-order valence-electron chi connectivity index (χ2n) is 11.6. The standard InChI is InChI=1S/C36H41F2N5O5/c1-24-19-27(37)20-25(2)34(24)48-36(44)43(23-26-21-29(45-3)10-12-31(26)46-4)33-13-14-39-35(41-33)40-28-9-11-32(30(38)22-28)47-18-8-17-42-15-6-5-7-16-42/h9-14,19-22H,5-8,15-18,23H2,1-4H3,(H,39,40,41). The molecule has 0 atom stereocenters. The van der Waals surface area contributed by atoms with Gasteiger partial charge in [-0.1, -0.05) is 6.42 Å². The van der Waals surface area contributed by atoms with Gasteiger partial charge in [0.05, 0.1) is 27.4 Å². The maximum absolute atomic E-state index is 15.0. The molecule has 48 heavy (non-hydrogen) atoms. The summed E-state index contributed by atoms with van der Waals surface area (Å²) in [7, 11) is 3.06. The lowest BCUT2D eigenvalue weighted by Gasteiger charge is -2.26. The molecular weight excluding hydrogens is 620 g/mol. The van der Waals surface area contributed by atoms with E-state index in [1.807, 2.05) is 0 Å². The van der Waals surface area contributed by atoms with Gasteiger partial charge in [-0.25, -0.2) is 18.6 Å². The molecule has 0 spiro atoms. The van der Waals surface area contributed by atoms with Crippen LogP contribution in [0.25, 0.3) is 0 Å². The third-order valence-electron chi connectivity index (χ3n) is 8.08. The predicted molar refractivity (Wildman–Crippen MR) is 180 cm³/mol. The summed E-state index contributed by atoms with van der Waals surface area (Å²) < 4.78 is 51.4. The fourth-order valence-corrected chi connectivity index (χ4v) is 5.65. The number of amides is 1. The average molecular weight is 662 g/mol. The first-order valence-corrected chi connectivity index (χ1v) is 16.0. The highest BCUT2D eigenvalue weighted by Crippen LogP contribution is 2.30. The van der Waals surface area contributed by atoms with E-state index in [0.717, 1.165) is 26.1 Å². The van der Waals surface area contributed by atoms with E-state index in [2.05, 4.69) is 20.2 Å². The molecule has 1 N–H and O–H groups in total. The molecule has 0 radical (unpaired) electrons. The SMILES string of the molecule is COc1ccc(OC)c(CN(C(=O)Oc2c(C)cc(F)cc2C)c2ccnc(Nc3ccc(OCCCN4CCCCC4)c(F)c3)n2)c1. The van der Waals surface area contributed by atoms with Crippen LogP contribution in [0.15, 0.2) is 60.8 Å². The van der Waals surface area contributed by atoms with Crippen LogP contribution in [-0.4, -0.2) is 61.4 Å².